The Morgan fingerprint density at radius 1 is 0.490 bits per heavy atom. The van der Waals surface area contributed by atoms with Crippen molar-refractivity contribution in [2.75, 3.05) is 0 Å². The molecule has 0 saturated heterocycles. The first-order valence-electron chi connectivity index (χ1n) is 16.6. The van der Waals surface area contributed by atoms with Gasteiger partial charge in [-0.1, -0.05) is 133 Å². The molecule has 0 bridgehead atoms. The number of rotatable bonds is 4. The van der Waals surface area contributed by atoms with Gasteiger partial charge in [0.25, 0.3) is 0 Å². The molecule has 1 N–H and O–H groups in total. The van der Waals surface area contributed by atoms with Crippen molar-refractivity contribution in [3.05, 3.63) is 180 Å². The number of furan rings is 1. The zero-order valence-corrected chi connectivity index (χ0v) is 26.5. The highest BCUT2D eigenvalue weighted by Crippen LogP contribution is 2.40. The molecule has 1 atom stereocenters. The van der Waals surface area contributed by atoms with Gasteiger partial charge in [-0.05, 0) is 73.8 Å². The first-order valence-corrected chi connectivity index (χ1v) is 16.6. The Hall–Kier alpha value is -6.52. The Kier molecular flexibility index (Phi) is 6.21. The minimum Gasteiger partial charge on any atom is -0.456 e. The van der Waals surface area contributed by atoms with E-state index in [0.29, 0.717) is 5.84 Å². The van der Waals surface area contributed by atoms with Crippen LogP contribution < -0.4 is 5.32 Å². The third kappa shape index (κ3) is 4.61. The van der Waals surface area contributed by atoms with E-state index in [4.69, 9.17) is 14.4 Å². The minimum atomic E-state index is -0.377. The summed E-state index contributed by atoms with van der Waals surface area (Å²) >= 11 is 0. The van der Waals surface area contributed by atoms with Crippen LogP contribution in [0.3, 0.4) is 0 Å². The second kappa shape index (κ2) is 11.0. The first-order chi connectivity index (χ1) is 24.3. The zero-order valence-electron chi connectivity index (χ0n) is 26.5. The number of aliphatic imine (C=N–C) groups is 2. The Labute approximate surface area is 282 Å². The molecule has 0 fully saturated rings. The lowest BCUT2D eigenvalue weighted by atomic mass is 9.93. The molecule has 1 aliphatic heterocycles. The van der Waals surface area contributed by atoms with E-state index in [0.717, 1.165) is 71.8 Å². The average Bonchev–Trinajstić information content (AvgIpc) is 3.53. The summed E-state index contributed by atoms with van der Waals surface area (Å²) in [4.78, 5) is 10.7. The summed E-state index contributed by atoms with van der Waals surface area (Å²) in [5.41, 5.74) is 6.92. The maximum atomic E-state index is 6.60. The van der Waals surface area contributed by atoms with Crippen LogP contribution in [0.25, 0.3) is 65.4 Å². The number of nitrogens with zero attached hydrogens (tertiary/aromatic N) is 2. The summed E-state index contributed by atoms with van der Waals surface area (Å²) in [5.74, 6) is 1.45. The normalized spacial score (nSPS) is 14.7. The third-order valence-corrected chi connectivity index (χ3v) is 9.69. The van der Waals surface area contributed by atoms with Gasteiger partial charge >= 0.3 is 0 Å². The Bertz CT molecular complexity index is 2800. The van der Waals surface area contributed by atoms with E-state index < -0.39 is 0 Å². The highest BCUT2D eigenvalue weighted by Gasteiger charge is 2.27. The van der Waals surface area contributed by atoms with Gasteiger partial charge in [0.15, 0.2) is 5.84 Å². The van der Waals surface area contributed by atoms with Gasteiger partial charge in [0.05, 0.1) is 0 Å². The first kappa shape index (κ1) is 27.6. The van der Waals surface area contributed by atoms with Gasteiger partial charge in [-0.15, -0.1) is 0 Å². The van der Waals surface area contributed by atoms with Crippen molar-refractivity contribution >= 4 is 65.9 Å². The van der Waals surface area contributed by atoms with Crippen molar-refractivity contribution in [1.29, 1.82) is 0 Å². The molecule has 0 spiro atoms. The average molecular weight is 628 g/mol. The molecule has 1 aromatic heterocycles. The molecule has 2 heterocycles. The van der Waals surface area contributed by atoms with Crippen LogP contribution in [0.2, 0.25) is 0 Å². The van der Waals surface area contributed by atoms with Crippen LogP contribution in [-0.2, 0) is 0 Å². The number of hydrogen-bond donors (Lipinski definition) is 1. The van der Waals surface area contributed by atoms with Crippen LogP contribution in [0.4, 0.5) is 0 Å². The second-order valence-corrected chi connectivity index (χ2v) is 12.6. The van der Waals surface area contributed by atoms with Gasteiger partial charge in [0.2, 0.25) is 0 Å². The molecule has 230 valence electrons. The molecule has 1 aliphatic rings. The van der Waals surface area contributed by atoms with Crippen LogP contribution in [0.1, 0.15) is 22.9 Å². The van der Waals surface area contributed by atoms with Crippen LogP contribution in [0.5, 0.6) is 0 Å². The van der Waals surface area contributed by atoms with E-state index in [1.807, 2.05) is 0 Å². The van der Waals surface area contributed by atoms with Gasteiger partial charge in [-0.2, -0.15) is 0 Å². The zero-order chi connectivity index (χ0) is 32.3. The molecule has 8 aromatic carbocycles. The van der Waals surface area contributed by atoms with Gasteiger partial charge < -0.3 is 9.73 Å². The summed E-state index contributed by atoms with van der Waals surface area (Å²) in [6.45, 7) is 0. The SMILES string of the molecule is c1ccc(-c2ccc3oc4cc5ccccc5cc4c3c2C2=NC(c3ccc4ccccc4c3)=NC(c3cccc4ccccc34)N2)cc1. The van der Waals surface area contributed by atoms with E-state index in [2.05, 4.69) is 169 Å². The molecule has 49 heavy (non-hydrogen) atoms. The van der Waals surface area contributed by atoms with Crippen LogP contribution in [-0.4, -0.2) is 11.7 Å². The fraction of sp³-hybridized carbons (Fsp3) is 0.0222. The van der Waals surface area contributed by atoms with Crippen molar-refractivity contribution in [1.82, 2.24) is 5.32 Å². The Morgan fingerprint density at radius 2 is 1.18 bits per heavy atom. The summed E-state index contributed by atoms with van der Waals surface area (Å²) < 4.78 is 6.60. The number of hydrogen-bond acceptors (Lipinski definition) is 4. The van der Waals surface area contributed by atoms with Gasteiger partial charge in [-0.25, -0.2) is 9.98 Å². The molecule has 10 rings (SSSR count). The lowest BCUT2D eigenvalue weighted by Crippen LogP contribution is -2.34. The fourth-order valence-electron chi connectivity index (χ4n) is 7.34. The topological polar surface area (TPSA) is 49.9 Å². The van der Waals surface area contributed by atoms with Gasteiger partial charge in [0.1, 0.15) is 23.2 Å². The monoisotopic (exact) mass is 627 g/mol. The predicted octanol–water partition coefficient (Wildman–Crippen LogP) is 11.2. The number of fused-ring (bicyclic) bond motifs is 6. The molecule has 0 saturated carbocycles. The quantitative estimate of drug-likeness (QED) is 0.211. The smallest absolute Gasteiger partial charge is 0.159 e. The van der Waals surface area contributed by atoms with E-state index in [1.165, 1.54) is 16.2 Å². The van der Waals surface area contributed by atoms with E-state index >= 15 is 0 Å². The number of nitrogens with one attached hydrogen (secondary N) is 1. The summed E-state index contributed by atoms with van der Waals surface area (Å²) in [7, 11) is 0. The van der Waals surface area contributed by atoms with Gasteiger partial charge in [-0.3, -0.25) is 0 Å². The van der Waals surface area contributed by atoms with Crippen LogP contribution >= 0.6 is 0 Å². The molecule has 4 nitrogen and oxygen atoms in total. The molecule has 9 aromatic rings. The minimum absolute atomic E-state index is 0.377. The lowest BCUT2D eigenvalue weighted by molar-refractivity contribution is 0.669. The third-order valence-electron chi connectivity index (χ3n) is 9.69. The van der Waals surface area contributed by atoms with Crippen molar-refractivity contribution in [2.45, 2.75) is 6.17 Å². The second-order valence-electron chi connectivity index (χ2n) is 12.6. The van der Waals surface area contributed by atoms with Crippen molar-refractivity contribution in [3.63, 3.8) is 0 Å². The predicted molar refractivity (Wildman–Crippen MR) is 204 cm³/mol. The molecule has 4 heteroatoms. The highest BCUT2D eigenvalue weighted by atomic mass is 16.3. The highest BCUT2D eigenvalue weighted by molar-refractivity contribution is 6.25. The molecule has 1 unspecified atom stereocenters. The molecular weight excluding hydrogens is 599 g/mol. The van der Waals surface area contributed by atoms with Crippen LogP contribution in [0.15, 0.2) is 178 Å². The maximum absolute atomic E-state index is 6.60. The largest absolute Gasteiger partial charge is 0.456 e. The van der Waals surface area contributed by atoms with E-state index in [1.54, 1.807) is 0 Å². The van der Waals surface area contributed by atoms with Gasteiger partial charge in [0, 0.05) is 27.5 Å². The Balaban J connectivity index is 1.27. The molecule has 0 amide bonds. The maximum Gasteiger partial charge on any atom is 0.159 e. The van der Waals surface area contributed by atoms with Crippen LogP contribution in [0, 0.1) is 0 Å². The fourth-order valence-corrected chi connectivity index (χ4v) is 7.34. The summed E-state index contributed by atoms with van der Waals surface area (Å²) in [6, 6.07) is 57.5. The Morgan fingerprint density at radius 3 is 2.02 bits per heavy atom. The number of benzene rings is 8. The summed E-state index contributed by atoms with van der Waals surface area (Å²) in [6.07, 6.45) is -0.377. The number of amidine groups is 2. The van der Waals surface area contributed by atoms with Crippen molar-refractivity contribution in [2.24, 2.45) is 9.98 Å². The van der Waals surface area contributed by atoms with E-state index in [9.17, 15) is 0 Å². The van der Waals surface area contributed by atoms with Crippen molar-refractivity contribution < 1.29 is 4.42 Å². The lowest BCUT2D eigenvalue weighted by Gasteiger charge is -2.26. The van der Waals surface area contributed by atoms with Crippen molar-refractivity contribution in [3.8, 4) is 11.1 Å². The summed E-state index contributed by atoms with van der Waals surface area (Å²) in [5, 5.41) is 12.9. The molecule has 0 aliphatic carbocycles. The molecular formula is C45H29N3O. The van der Waals surface area contributed by atoms with E-state index in [-0.39, 0.29) is 6.17 Å². The molecule has 0 radical (unpaired) electrons. The standard InChI is InChI=1S/C45H29N3O/c1-2-12-30(13-3-1)36-23-24-39-41(38-26-32-16-6-7-17-33(32)27-40(38)49-39)42(36)45-47-43(34-22-21-28-11-4-5-15-31(28)25-34)46-44(48-45)37-20-10-18-29-14-8-9-19-35(29)37/h1-27,44H,(H,46,47,48).